The Morgan fingerprint density at radius 3 is 2.71 bits per heavy atom. The molecule has 0 saturated carbocycles. The molecule has 0 fully saturated rings. The fourth-order valence-electron chi connectivity index (χ4n) is 1.02. The molecule has 0 spiro atoms. The lowest BCUT2D eigenvalue weighted by molar-refractivity contribution is -0.385. The van der Waals surface area contributed by atoms with Crippen LogP contribution in [0, 0.1) is 16.0 Å². The van der Waals surface area contributed by atoms with Crippen LogP contribution in [0.25, 0.3) is 0 Å². The maximum absolute atomic E-state index is 12.2. The smallest absolute Gasteiger partial charge is 0.273 e. The summed E-state index contributed by atoms with van der Waals surface area (Å²) in [6.07, 6.45) is 0. The first-order valence-electron chi connectivity index (χ1n) is 3.92. The van der Waals surface area contributed by atoms with Gasteiger partial charge in [-0.05, 0) is 11.6 Å². The zero-order chi connectivity index (χ0) is 10.7. The van der Waals surface area contributed by atoms with Gasteiger partial charge in [0, 0.05) is 12.0 Å². The molecule has 0 aromatic heterocycles. The highest BCUT2D eigenvalue weighted by Crippen LogP contribution is 2.26. The highest BCUT2D eigenvalue weighted by Gasteiger charge is 2.13. The van der Waals surface area contributed by atoms with Crippen LogP contribution < -0.4 is 0 Å². The molecule has 1 radical (unpaired) electrons. The minimum Gasteiger partial charge on any atom is -0.508 e. The van der Waals surface area contributed by atoms with Crippen LogP contribution in [0.5, 0.6) is 5.75 Å². The summed E-state index contributed by atoms with van der Waals surface area (Å²) in [7, 11) is 0. The summed E-state index contributed by atoms with van der Waals surface area (Å²) in [6.45, 7) is 0.819. The number of phenolic OH excluding ortho intramolecular Hbond substituents is 1. The molecule has 75 valence electrons. The number of non-ortho nitro benzene ring substituents is 1. The SMILES string of the molecule is C[C](CF)c1cc(O)cc([N+](=O)[O-])c1. The molecule has 1 rings (SSSR count). The molecular formula is C9H9FNO3. The molecule has 0 saturated heterocycles. The number of nitro groups is 1. The number of aromatic hydroxyl groups is 1. The summed E-state index contributed by atoms with van der Waals surface area (Å²) in [6, 6.07) is 3.55. The van der Waals surface area contributed by atoms with Crippen molar-refractivity contribution >= 4 is 5.69 Å². The Morgan fingerprint density at radius 2 is 2.21 bits per heavy atom. The third kappa shape index (κ3) is 2.18. The number of rotatable bonds is 3. The van der Waals surface area contributed by atoms with Gasteiger partial charge in [0.15, 0.2) is 0 Å². The molecule has 0 aliphatic carbocycles. The first kappa shape index (κ1) is 10.4. The molecule has 0 amide bonds. The molecular weight excluding hydrogens is 189 g/mol. The second-order valence-electron chi connectivity index (χ2n) is 2.91. The number of nitro benzene ring substituents is 1. The second-order valence-corrected chi connectivity index (χ2v) is 2.91. The molecule has 0 unspecified atom stereocenters. The average Bonchev–Trinajstić information content (AvgIpc) is 2.15. The third-order valence-electron chi connectivity index (χ3n) is 1.81. The van der Waals surface area contributed by atoms with Gasteiger partial charge in [-0.3, -0.25) is 14.5 Å². The Kier molecular flexibility index (Phi) is 3.01. The lowest BCUT2D eigenvalue weighted by atomic mass is 10.0. The van der Waals surface area contributed by atoms with Crippen molar-refractivity contribution in [3.05, 3.63) is 39.8 Å². The summed E-state index contributed by atoms with van der Waals surface area (Å²) in [5.41, 5.74) is 0.104. The van der Waals surface area contributed by atoms with Gasteiger partial charge in [-0.15, -0.1) is 0 Å². The first-order chi connectivity index (χ1) is 6.54. The predicted molar refractivity (Wildman–Crippen MR) is 48.8 cm³/mol. The fraction of sp³-hybridized carbons (Fsp3) is 0.222. The Hall–Kier alpha value is -1.65. The van der Waals surface area contributed by atoms with E-state index in [0.717, 1.165) is 6.07 Å². The number of benzene rings is 1. The molecule has 1 aromatic rings. The number of phenols is 1. The van der Waals surface area contributed by atoms with Gasteiger partial charge in [-0.1, -0.05) is 6.92 Å². The Morgan fingerprint density at radius 1 is 1.57 bits per heavy atom. The van der Waals surface area contributed by atoms with Crippen molar-refractivity contribution in [2.24, 2.45) is 0 Å². The summed E-state index contributed by atoms with van der Waals surface area (Å²) in [5, 5.41) is 19.6. The minimum atomic E-state index is -0.694. The summed E-state index contributed by atoms with van der Waals surface area (Å²) in [5.74, 6) is 0.117. The number of nitrogens with zero attached hydrogens (tertiary/aromatic N) is 1. The van der Waals surface area contributed by atoms with Gasteiger partial charge >= 0.3 is 0 Å². The van der Waals surface area contributed by atoms with E-state index < -0.39 is 11.6 Å². The second kappa shape index (κ2) is 4.04. The van der Waals surface area contributed by atoms with Crippen molar-refractivity contribution in [2.75, 3.05) is 6.67 Å². The summed E-state index contributed by atoms with van der Waals surface area (Å²) in [4.78, 5) is 9.78. The molecule has 0 atom stereocenters. The van der Waals surface area contributed by atoms with Gasteiger partial charge in [0.05, 0.1) is 17.7 Å². The van der Waals surface area contributed by atoms with Crippen molar-refractivity contribution in [3.63, 3.8) is 0 Å². The predicted octanol–water partition coefficient (Wildman–Crippen LogP) is 2.21. The first-order valence-corrected chi connectivity index (χ1v) is 3.92. The highest BCUT2D eigenvalue weighted by atomic mass is 19.1. The van der Waals surface area contributed by atoms with Crippen molar-refractivity contribution in [3.8, 4) is 5.75 Å². The molecule has 0 heterocycles. The van der Waals surface area contributed by atoms with Crippen LogP contribution in [-0.4, -0.2) is 16.7 Å². The van der Waals surface area contributed by atoms with E-state index in [9.17, 15) is 14.5 Å². The average molecular weight is 198 g/mol. The maximum Gasteiger partial charge on any atom is 0.273 e. The molecule has 0 aliphatic rings. The van der Waals surface area contributed by atoms with Crippen LogP contribution in [0.15, 0.2) is 18.2 Å². The van der Waals surface area contributed by atoms with E-state index in [1.54, 1.807) is 0 Å². The van der Waals surface area contributed by atoms with Gasteiger partial charge in [-0.2, -0.15) is 0 Å². The van der Waals surface area contributed by atoms with Gasteiger partial charge < -0.3 is 5.11 Å². The van der Waals surface area contributed by atoms with Crippen LogP contribution in [-0.2, 0) is 0 Å². The largest absolute Gasteiger partial charge is 0.508 e. The molecule has 5 heteroatoms. The summed E-state index contributed by atoms with van der Waals surface area (Å²) >= 11 is 0. The minimum absolute atomic E-state index is 0.234. The van der Waals surface area contributed by atoms with E-state index in [1.165, 1.54) is 19.1 Å². The molecule has 1 N–H and O–H groups in total. The Bertz CT molecular complexity index is 354. The van der Waals surface area contributed by atoms with Crippen molar-refractivity contribution < 1.29 is 14.4 Å². The third-order valence-corrected chi connectivity index (χ3v) is 1.81. The van der Waals surface area contributed by atoms with E-state index in [1.807, 2.05) is 0 Å². The van der Waals surface area contributed by atoms with Gasteiger partial charge in [0.1, 0.15) is 5.75 Å². The molecule has 0 bridgehead atoms. The van der Waals surface area contributed by atoms with Gasteiger partial charge in [0.25, 0.3) is 5.69 Å². The van der Waals surface area contributed by atoms with Crippen molar-refractivity contribution in [1.29, 1.82) is 0 Å². The zero-order valence-electron chi connectivity index (χ0n) is 7.53. The van der Waals surface area contributed by atoms with E-state index >= 15 is 0 Å². The lowest BCUT2D eigenvalue weighted by Gasteiger charge is -2.06. The van der Waals surface area contributed by atoms with Crippen LogP contribution in [0.4, 0.5) is 10.1 Å². The van der Waals surface area contributed by atoms with Crippen LogP contribution >= 0.6 is 0 Å². The zero-order valence-corrected chi connectivity index (χ0v) is 7.53. The quantitative estimate of drug-likeness (QED) is 0.598. The molecule has 14 heavy (non-hydrogen) atoms. The van der Waals surface area contributed by atoms with Crippen LogP contribution in [0.1, 0.15) is 12.5 Å². The van der Waals surface area contributed by atoms with Crippen molar-refractivity contribution in [1.82, 2.24) is 0 Å². The number of halogens is 1. The number of alkyl halides is 1. The fourth-order valence-corrected chi connectivity index (χ4v) is 1.02. The standard InChI is InChI=1S/C9H9FNO3/c1-6(5-10)7-2-8(11(13)14)4-9(12)3-7/h2-4,12H,5H2,1H3. The Balaban J connectivity index is 3.13. The van der Waals surface area contributed by atoms with Gasteiger partial charge in [-0.25, -0.2) is 0 Å². The van der Waals surface area contributed by atoms with Gasteiger partial charge in [0.2, 0.25) is 0 Å². The van der Waals surface area contributed by atoms with E-state index in [-0.39, 0.29) is 11.4 Å². The Labute approximate surface area is 80.1 Å². The number of hydrogen-bond acceptors (Lipinski definition) is 3. The number of hydrogen-bond donors (Lipinski definition) is 1. The van der Waals surface area contributed by atoms with E-state index in [4.69, 9.17) is 5.11 Å². The van der Waals surface area contributed by atoms with Crippen LogP contribution in [0.3, 0.4) is 0 Å². The maximum atomic E-state index is 12.2. The highest BCUT2D eigenvalue weighted by molar-refractivity contribution is 5.46. The normalized spacial score (nSPS) is 10.5. The van der Waals surface area contributed by atoms with E-state index in [0.29, 0.717) is 11.5 Å². The van der Waals surface area contributed by atoms with Crippen LogP contribution in [0.2, 0.25) is 0 Å². The lowest BCUT2D eigenvalue weighted by Crippen LogP contribution is -1.98. The molecule has 4 nitrogen and oxygen atoms in total. The molecule has 1 aromatic carbocycles. The summed E-state index contributed by atoms with van der Waals surface area (Å²) < 4.78 is 12.2. The topological polar surface area (TPSA) is 63.4 Å². The van der Waals surface area contributed by atoms with Crippen molar-refractivity contribution in [2.45, 2.75) is 6.92 Å². The monoisotopic (exact) mass is 198 g/mol. The molecule has 0 aliphatic heterocycles. The van der Waals surface area contributed by atoms with E-state index in [2.05, 4.69) is 0 Å².